The number of nitrogens with one attached hydrogen (secondary N) is 2. The molecule has 0 aliphatic carbocycles. The molecule has 0 saturated heterocycles. The number of aliphatic carboxylic acids is 1. The summed E-state index contributed by atoms with van der Waals surface area (Å²) in [4.78, 5) is 25.0. The van der Waals surface area contributed by atoms with Crippen molar-refractivity contribution >= 4 is 12.0 Å². The van der Waals surface area contributed by atoms with E-state index in [-0.39, 0.29) is 0 Å². The van der Waals surface area contributed by atoms with E-state index < -0.39 is 18.6 Å². The van der Waals surface area contributed by atoms with Crippen LogP contribution in [0.1, 0.15) is 6.42 Å². The van der Waals surface area contributed by atoms with Crippen molar-refractivity contribution in [3.05, 3.63) is 12.7 Å². The number of urea groups is 1. The maximum absolute atomic E-state index is 10.7. The smallest absolute Gasteiger partial charge is 0.338 e. The highest BCUT2D eigenvalue weighted by Crippen LogP contribution is 1.75. The minimum Gasteiger partial charge on any atom is -0.479 e. The van der Waals surface area contributed by atoms with Crippen LogP contribution < -0.4 is 10.8 Å². The van der Waals surface area contributed by atoms with Crippen molar-refractivity contribution < 1.29 is 19.5 Å². The van der Waals surface area contributed by atoms with E-state index in [0.29, 0.717) is 13.0 Å². The highest BCUT2D eigenvalue weighted by atomic mass is 16.7. The van der Waals surface area contributed by atoms with Gasteiger partial charge in [0.25, 0.3) is 0 Å². The van der Waals surface area contributed by atoms with Crippen LogP contribution in [0.15, 0.2) is 12.7 Å². The fraction of sp³-hybridized carbons (Fsp3) is 0.429. The first-order chi connectivity index (χ1) is 6.16. The minimum atomic E-state index is -1.15. The number of hydroxylamine groups is 1. The summed E-state index contributed by atoms with van der Waals surface area (Å²) >= 11 is 0. The molecule has 0 aromatic carbocycles. The predicted molar refractivity (Wildman–Crippen MR) is 44.9 cm³/mol. The van der Waals surface area contributed by atoms with Gasteiger partial charge in [-0.2, -0.15) is 0 Å². The van der Waals surface area contributed by atoms with Crippen LogP contribution in [-0.2, 0) is 9.63 Å². The van der Waals surface area contributed by atoms with Gasteiger partial charge in [0.1, 0.15) is 0 Å². The molecule has 74 valence electrons. The van der Waals surface area contributed by atoms with E-state index in [4.69, 9.17) is 5.11 Å². The highest BCUT2D eigenvalue weighted by Gasteiger charge is 2.00. The number of carboxylic acid groups (broad SMARTS) is 1. The normalized spacial score (nSPS) is 8.92. The van der Waals surface area contributed by atoms with Crippen LogP contribution in [0, 0.1) is 0 Å². The Morgan fingerprint density at radius 1 is 1.54 bits per heavy atom. The number of hydrogen-bond acceptors (Lipinski definition) is 3. The Morgan fingerprint density at radius 2 is 2.23 bits per heavy atom. The lowest BCUT2D eigenvalue weighted by Crippen LogP contribution is -2.36. The van der Waals surface area contributed by atoms with Gasteiger partial charge in [-0.25, -0.2) is 15.1 Å². The molecular weight excluding hydrogens is 176 g/mol. The molecule has 0 aromatic heterocycles. The summed E-state index contributed by atoms with van der Waals surface area (Å²) in [6.07, 6.45) is 2.30. The van der Waals surface area contributed by atoms with Crippen molar-refractivity contribution in [1.82, 2.24) is 10.8 Å². The van der Waals surface area contributed by atoms with Crippen LogP contribution in [0.3, 0.4) is 0 Å². The van der Waals surface area contributed by atoms with E-state index in [1.165, 1.54) is 0 Å². The number of carboxylic acids is 1. The molecule has 0 unspecified atom stereocenters. The second-order valence-corrected chi connectivity index (χ2v) is 2.12. The molecule has 3 N–H and O–H groups in total. The third-order valence-corrected chi connectivity index (χ3v) is 0.995. The molecule has 0 bridgehead atoms. The van der Waals surface area contributed by atoms with Crippen molar-refractivity contribution in [1.29, 1.82) is 0 Å². The van der Waals surface area contributed by atoms with E-state index >= 15 is 0 Å². The van der Waals surface area contributed by atoms with Crippen LogP contribution in [0.5, 0.6) is 0 Å². The fourth-order valence-electron chi connectivity index (χ4n) is 0.487. The maximum Gasteiger partial charge on any atom is 0.338 e. The van der Waals surface area contributed by atoms with Crippen molar-refractivity contribution in [2.24, 2.45) is 0 Å². The van der Waals surface area contributed by atoms with Crippen LogP contribution in [0.25, 0.3) is 0 Å². The Balaban J connectivity index is 3.30. The molecule has 0 spiro atoms. The van der Waals surface area contributed by atoms with Crippen LogP contribution in [0.2, 0.25) is 0 Å². The standard InChI is InChI=1S/C7H12N2O4/c1-2-3-4-8-7(12)9-13-5-6(10)11/h2H,1,3-5H2,(H,10,11)(H2,8,9,12). The average Bonchev–Trinajstić information content (AvgIpc) is 2.04. The van der Waals surface area contributed by atoms with Gasteiger partial charge in [0.2, 0.25) is 0 Å². The third kappa shape index (κ3) is 8.35. The number of carbonyl (C=O) groups is 2. The fourth-order valence-corrected chi connectivity index (χ4v) is 0.487. The summed E-state index contributed by atoms with van der Waals surface area (Å²) in [5, 5.41) is 10.5. The highest BCUT2D eigenvalue weighted by molar-refractivity contribution is 5.73. The Morgan fingerprint density at radius 3 is 2.77 bits per heavy atom. The zero-order chi connectivity index (χ0) is 10.1. The monoisotopic (exact) mass is 188 g/mol. The van der Waals surface area contributed by atoms with Gasteiger partial charge in [0, 0.05) is 6.54 Å². The molecule has 13 heavy (non-hydrogen) atoms. The molecule has 2 amide bonds. The van der Waals surface area contributed by atoms with E-state index in [1.54, 1.807) is 6.08 Å². The summed E-state index contributed by atoms with van der Waals surface area (Å²) < 4.78 is 0. The molecular formula is C7H12N2O4. The second-order valence-electron chi connectivity index (χ2n) is 2.12. The maximum atomic E-state index is 10.7. The Kier molecular flexibility index (Phi) is 6.26. The third-order valence-electron chi connectivity index (χ3n) is 0.995. The SMILES string of the molecule is C=CCCNC(=O)NOCC(=O)O. The molecule has 0 heterocycles. The number of amides is 2. The lowest BCUT2D eigenvalue weighted by Gasteiger charge is -2.04. The molecule has 0 aromatic rings. The van der Waals surface area contributed by atoms with Crippen molar-refractivity contribution in [3.63, 3.8) is 0 Å². The molecule has 0 aliphatic rings. The lowest BCUT2D eigenvalue weighted by atomic mass is 10.4. The molecule has 0 saturated carbocycles. The van der Waals surface area contributed by atoms with E-state index in [2.05, 4.69) is 16.7 Å². The van der Waals surface area contributed by atoms with Gasteiger partial charge in [-0.3, -0.25) is 4.84 Å². The molecule has 0 rings (SSSR count). The van der Waals surface area contributed by atoms with E-state index in [0.717, 1.165) is 0 Å². The predicted octanol–water partition coefficient (Wildman–Crippen LogP) is -0.122. The van der Waals surface area contributed by atoms with E-state index in [1.807, 2.05) is 5.48 Å². The van der Waals surface area contributed by atoms with Gasteiger partial charge >= 0.3 is 12.0 Å². The quantitative estimate of drug-likeness (QED) is 0.308. The van der Waals surface area contributed by atoms with Crippen LogP contribution in [-0.4, -0.2) is 30.3 Å². The lowest BCUT2D eigenvalue weighted by molar-refractivity contribution is -0.144. The summed E-state index contributed by atoms with van der Waals surface area (Å²) in [7, 11) is 0. The second kappa shape index (κ2) is 7.11. The summed E-state index contributed by atoms with van der Waals surface area (Å²) in [5.41, 5.74) is 1.91. The summed E-state index contributed by atoms with van der Waals surface area (Å²) in [6, 6.07) is -0.567. The molecule has 6 heteroatoms. The van der Waals surface area contributed by atoms with Gasteiger partial charge in [-0.15, -0.1) is 6.58 Å². The van der Waals surface area contributed by atoms with Gasteiger partial charge in [-0.05, 0) is 6.42 Å². The Hall–Kier alpha value is -1.56. The van der Waals surface area contributed by atoms with Crippen LogP contribution in [0.4, 0.5) is 4.79 Å². The first-order valence-corrected chi connectivity index (χ1v) is 3.65. The largest absolute Gasteiger partial charge is 0.479 e. The number of hydrogen-bond donors (Lipinski definition) is 3. The van der Waals surface area contributed by atoms with Gasteiger partial charge < -0.3 is 10.4 Å². The first kappa shape index (κ1) is 11.4. The first-order valence-electron chi connectivity index (χ1n) is 3.65. The van der Waals surface area contributed by atoms with Gasteiger partial charge in [0.15, 0.2) is 6.61 Å². The molecule has 0 atom stereocenters. The number of carbonyl (C=O) groups excluding carboxylic acids is 1. The Bertz CT molecular complexity index is 193. The van der Waals surface area contributed by atoms with Crippen molar-refractivity contribution in [2.45, 2.75) is 6.42 Å². The molecule has 0 radical (unpaired) electrons. The zero-order valence-electron chi connectivity index (χ0n) is 7.08. The zero-order valence-corrected chi connectivity index (χ0v) is 7.08. The molecule has 0 fully saturated rings. The number of rotatable bonds is 6. The molecule has 0 aliphatic heterocycles. The van der Waals surface area contributed by atoms with Crippen molar-refractivity contribution in [2.75, 3.05) is 13.2 Å². The van der Waals surface area contributed by atoms with E-state index in [9.17, 15) is 9.59 Å². The topological polar surface area (TPSA) is 87.7 Å². The Labute approximate surface area is 75.5 Å². The summed E-state index contributed by atoms with van der Waals surface area (Å²) in [6.45, 7) is 3.34. The molecule has 6 nitrogen and oxygen atoms in total. The van der Waals surface area contributed by atoms with Crippen molar-refractivity contribution in [3.8, 4) is 0 Å². The average molecular weight is 188 g/mol. The van der Waals surface area contributed by atoms with Crippen LogP contribution >= 0.6 is 0 Å². The van der Waals surface area contributed by atoms with Gasteiger partial charge in [-0.1, -0.05) is 6.08 Å². The summed E-state index contributed by atoms with van der Waals surface area (Å²) in [5.74, 6) is -1.15. The van der Waals surface area contributed by atoms with Gasteiger partial charge in [0.05, 0.1) is 0 Å². The minimum absolute atomic E-state index is 0.436.